The van der Waals surface area contributed by atoms with Gasteiger partial charge in [-0.2, -0.15) is 0 Å². The van der Waals surface area contributed by atoms with Crippen LogP contribution in [-0.4, -0.2) is 42.0 Å². The predicted octanol–water partition coefficient (Wildman–Crippen LogP) is 5.87. The van der Waals surface area contributed by atoms with Crippen LogP contribution in [0.15, 0.2) is 72.9 Å². The van der Waals surface area contributed by atoms with Crippen LogP contribution in [0, 0.1) is 12.8 Å². The summed E-state index contributed by atoms with van der Waals surface area (Å²) in [5.41, 5.74) is 5.03. The fourth-order valence-corrected chi connectivity index (χ4v) is 5.84. The normalized spacial score (nSPS) is 23.1. The van der Waals surface area contributed by atoms with Crippen molar-refractivity contribution in [2.75, 3.05) is 36.4 Å². The number of para-hydroxylation sites is 1. The number of pyridine rings is 1. The molecule has 0 unspecified atom stereocenters. The van der Waals surface area contributed by atoms with Gasteiger partial charge in [0.1, 0.15) is 0 Å². The standard InChI is InChI=1S/C30H36N4O/c1-23-11-14-30(15-12-23,34-19-17-33(18-20-34)28-9-4-3-5-10-28)26-7-6-8-27(22-26)32-29(35)25-13-16-31-24(2)21-25/h3-10,13,16,21-23H,11-12,14-15,17-20H2,1-2H3,(H,32,35). The Morgan fingerprint density at radius 3 is 2.40 bits per heavy atom. The highest BCUT2D eigenvalue weighted by atomic mass is 16.1. The largest absolute Gasteiger partial charge is 0.369 e. The van der Waals surface area contributed by atoms with Crippen molar-refractivity contribution in [1.82, 2.24) is 9.88 Å². The van der Waals surface area contributed by atoms with Crippen LogP contribution >= 0.6 is 0 Å². The van der Waals surface area contributed by atoms with E-state index in [4.69, 9.17) is 0 Å². The van der Waals surface area contributed by atoms with Crippen LogP contribution in [0.3, 0.4) is 0 Å². The minimum absolute atomic E-state index is 0.0310. The Balaban J connectivity index is 1.37. The molecule has 2 aromatic carbocycles. The van der Waals surface area contributed by atoms with Gasteiger partial charge >= 0.3 is 0 Å². The Morgan fingerprint density at radius 2 is 1.69 bits per heavy atom. The van der Waals surface area contributed by atoms with E-state index in [-0.39, 0.29) is 11.4 Å². The summed E-state index contributed by atoms with van der Waals surface area (Å²) >= 11 is 0. The molecule has 5 nitrogen and oxygen atoms in total. The minimum Gasteiger partial charge on any atom is -0.369 e. The molecule has 2 aliphatic rings. The molecule has 1 aliphatic heterocycles. The zero-order chi connectivity index (χ0) is 24.3. The smallest absolute Gasteiger partial charge is 0.255 e. The van der Waals surface area contributed by atoms with Crippen LogP contribution in [0.1, 0.15) is 54.2 Å². The number of nitrogens with one attached hydrogen (secondary N) is 1. The Hall–Kier alpha value is -3.18. The third-order valence-electron chi connectivity index (χ3n) is 7.92. The van der Waals surface area contributed by atoms with Crippen molar-refractivity contribution < 1.29 is 4.79 Å². The maximum absolute atomic E-state index is 12.9. The molecule has 2 heterocycles. The lowest BCUT2D eigenvalue weighted by Crippen LogP contribution is -2.56. The number of nitrogens with zero attached hydrogens (tertiary/aromatic N) is 3. The molecule has 0 spiro atoms. The van der Waals surface area contributed by atoms with E-state index >= 15 is 0 Å². The van der Waals surface area contributed by atoms with Crippen molar-refractivity contribution in [2.45, 2.75) is 45.1 Å². The predicted molar refractivity (Wildman–Crippen MR) is 143 cm³/mol. The van der Waals surface area contributed by atoms with Crippen LogP contribution in [-0.2, 0) is 5.54 Å². The molecule has 1 saturated carbocycles. The van der Waals surface area contributed by atoms with Gasteiger partial charge in [0.25, 0.3) is 5.91 Å². The fraction of sp³-hybridized carbons (Fsp3) is 0.400. The Bertz CT molecular complexity index is 1150. The number of anilines is 2. The van der Waals surface area contributed by atoms with Gasteiger partial charge in [0.2, 0.25) is 0 Å². The molecule has 1 saturated heterocycles. The number of hydrogen-bond donors (Lipinski definition) is 1. The summed E-state index contributed by atoms with van der Waals surface area (Å²) in [4.78, 5) is 22.3. The number of benzene rings is 2. The second-order valence-corrected chi connectivity index (χ2v) is 10.2. The molecule has 2 fully saturated rings. The number of carbonyl (C=O) groups is 1. The monoisotopic (exact) mass is 468 g/mol. The van der Waals surface area contributed by atoms with E-state index in [1.807, 2.05) is 19.1 Å². The molecule has 182 valence electrons. The molecular weight excluding hydrogens is 432 g/mol. The maximum Gasteiger partial charge on any atom is 0.255 e. The zero-order valence-electron chi connectivity index (χ0n) is 20.9. The molecule has 0 atom stereocenters. The molecule has 0 radical (unpaired) electrons. The van der Waals surface area contributed by atoms with E-state index in [1.165, 1.54) is 36.9 Å². The Labute approximate surface area is 209 Å². The van der Waals surface area contributed by atoms with Crippen molar-refractivity contribution in [3.05, 3.63) is 89.7 Å². The van der Waals surface area contributed by atoms with E-state index in [2.05, 4.69) is 75.6 Å². The van der Waals surface area contributed by atoms with Gasteiger partial charge in [-0.15, -0.1) is 0 Å². The highest BCUT2D eigenvalue weighted by Gasteiger charge is 2.42. The zero-order valence-corrected chi connectivity index (χ0v) is 20.9. The summed E-state index contributed by atoms with van der Waals surface area (Å²) in [7, 11) is 0. The summed E-state index contributed by atoms with van der Waals surface area (Å²) in [5, 5.41) is 3.13. The maximum atomic E-state index is 12.9. The first-order chi connectivity index (χ1) is 17.0. The highest BCUT2D eigenvalue weighted by molar-refractivity contribution is 6.04. The van der Waals surface area contributed by atoms with E-state index < -0.39 is 0 Å². The van der Waals surface area contributed by atoms with E-state index in [0.29, 0.717) is 5.56 Å². The molecular formula is C30H36N4O. The third-order valence-corrected chi connectivity index (χ3v) is 7.92. The Morgan fingerprint density at radius 1 is 0.943 bits per heavy atom. The first-order valence-corrected chi connectivity index (χ1v) is 12.9. The van der Waals surface area contributed by atoms with Crippen LogP contribution in [0.25, 0.3) is 0 Å². The molecule has 1 aliphatic carbocycles. The molecule has 5 rings (SSSR count). The lowest BCUT2D eigenvalue weighted by molar-refractivity contribution is 0.0299. The van der Waals surface area contributed by atoms with Gasteiger partial charge in [0.15, 0.2) is 0 Å². The number of rotatable bonds is 5. The van der Waals surface area contributed by atoms with Gasteiger partial charge in [-0.3, -0.25) is 14.7 Å². The number of carbonyl (C=O) groups excluding carboxylic acids is 1. The third kappa shape index (κ3) is 5.10. The van der Waals surface area contributed by atoms with E-state index in [1.54, 1.807) is 12.3 Å². The average Bonchev–Trinajstić information content (AvgIpc) is 2.90. The van der Waals surface area contributed by atoms with Crippen molar-refractivity contribution >= 4 is 17.3 Å². The van der Waals surface area contributed by atoms with Crippen LogP contribution < -0.4 is 10.2 Å². The molecule has 0 bridgehead atoms. The van der Waals surface area contributed by atoms with E-state index in [9.17, 15) is 4.79 Å². The molecule has 1 aromatic heterocycles. The minimum atomic E-state index is -0.0876. The number of amides is 1. The van der Waals surface area contributed by atoms with E-state index in [0.717, 1.165) is 43.5 Å². The number of piperazine rings is 1. The van der Waals surface area contributed by atoms with Crippen molar-refractivity contribution in [2.24, 2.45) is 5.92 Å². The fourth-order valence-electron chi connectivity index (χ4n) is 5.84. The number of aromatic nitrogens is 1. The molecule has 1 amide bonds. The second kappa shape index (κ2) is 10.2. The molecule has 3 aromatic rings. The SMILES string of the molecule is Cc1cc(C(=O)Nc2cccc(C3(N4CCN(c5ccccc5)CC4)CCC(C)CC3)c2)ccn1. The van der Waals surface area contributed by atoms with Gasteiger partial charge in [-0.05, 0) is 80.5 Å². The van der Waals surface area contributed by atoms with Crippen LogP contribution in [0.2, 0.25) is 0 Å². The second-order valence-electron chi connectivity index (χ2n) is 10.2. The molecule has 5 heteroatoms. The first-order valence-electron chi connectivity index (χ1n) is 12.9. The average molecular weight is 469 g/mol. The van der Waals surface area contributed by atoms with Gasteiger partial charge in [-0.1, -0.05) is 37.3 Å². The van der Waals surface area contributed by atoms with Crippen LogP contribution in [0.5, 0.6) is 0 Å². The number of aryl methyl sites for hydroxylation is 1. The lowest BCUT2D eigenvalue weighted by atomic mass is 9.71. The molecule has 1 N–H and O–H groups in total. The Kier molecular flexibility index (Phi) is 6.87. The summed E-state index contributed by atoms with van der Waals surface area (Å²) in [5.74, 6) is 0.682. The summed E-state index contributed by atoms with van der Waals surface area (Å²) < 4.78 is 0. The number of hydrogen-bond acceptors (Lipinski definition) is 4. The summed E-state index contributed by atoms with van der Waals surface area (Å²) in [6.07, 6.45) is 6.51. The summed E-state index contributed by atoms with van der Waals surface area (Å²) in [6, 6.07) is 22.9. The van der Waals surface area contributed by atoms with Crippen molar-refractivity contribution in [1.29, 1.82) is 0 Å². The quantitative estimate of drug-likeness (QED) is 0.509. The molecule has 35 heavy (non-hydrogen) atoms. The van der Waals surface area contributed by atoms with Gasteiger partial charge < -0.3 is 10.2 Å². The lowest BCUT2D eigenvalue weighted by Gasteiger charge is -2.51. The van der Waals surface area contributed by atoms with Gasteiger partial charge in [0.05, 0.1) is 0 Å². The topological polar surface area (TPSA) is 48.5 Å². The summed E-state index contributed by atoms with van der Waals surface area (Å²) in [6.45, 7) is 8.47. The van der Waals surface area contributed by atoms with Gasteiger partial charge in [-0.25, -0.2) is 0 Å². The van der Waals surface area contributed by atoms with Crippen molar-refractivity contribution in [3.63, 3.8) is 0 Å². The van der Waals surface area contributed by atoms with Gasteiger partial charge in [0, 0.05) is 60.5 Å². The van der Waals surface area contributed by atoms with Crippen molar-refractivity contribution in [3.8, 4) is 0 Å². The highest BCUT2D eigenvalue weighted by Crippen LogP contribution is 2.45. The van der Waals surface area contributed by atoms with Crippen LogP contribution in [0.4, 0.5) is 11.4 Å². The first kappa shape index (κ1) is 23.6.